The van der Waals surface area contributed by atoms with Gasteiger partial charge in [-0.25, -0.2) is 5.43 Å². The van der Waals surface area contributed by atoms with Crippen LogP contribution in [0.25, 0.3) is 0 Å². The molecule has 0 saturated carbocycles. The predicted octanol–water partition coefficient (Wildman–Crippen LogP) is 2.50. The van der Waals surface area contributed by atoms with E-state index < -0.39 is 5.54 Å². The molecule has 2 rings (SSSR count). The van der Waals surface area contributed by atoms with Crippen LogP contribution >= 0.6 is 0 Å². The van der Waals surface area contributed by atoms with Crippen molar-refractivity contribution < 1.29 is 9.90 Å². The number of nitrogens with one attached hydrogen (secondary N) is 1. The number of hydrazine groups is 1. The normalized spacial score (nSPS) is 23.7. The van der Waals surface area contributed by atoms with E-state index >= 15 is 0 Å². The fourth-order valence-corrected chi connectivity index (χ4v) is 3.00. The molecule has 118 valence electrons. The Hall–Kier alpha value is -1.75. The molecule has 4 nitrogen and oxygen atoms in total. The molecule has 0 saturated heterocycles. The maximum atomic E-state index is 13.2. The number of hydrogen-bond donors (Lipinski definition) is 3. The molecule has 4 heteroatoms. The van der Waals surface area contributed by atoms with Crippen molar-refractivity contribution in [1.29, 1.82) is 0 Å². The second-order valence-corrected chi connectivity index (χ2v) is 5.65. The quantitative estimate of drug-likeness (QED) is 0.411. The minimum absolute atomic E-state index is 0.00157. The van der Waals surface area contributed by atoms with Gasteiger partial charge in [-0.2, -0.15) is 0 Å². The smallest absolute Gasteiger partial charge is 0.188 e. The summed E-state index contributed by atoms with van der Waals surface area (Å²) in [7, 11) is 0. The highest BCUT2D eigenvalue weighted by Crippen LogP contribution is 2.32. The van der Waals surface area contributed by atoms with E-state index in [2.05, 4.69) is 12.3 Å². The summed E-state index contributed by atoms with van der Waals surface area (Å²) in [5, 5.41) is 9.49. The van der Waals surface area contributed by atoms with Crippen LogP contribution in [0.15, 0.2) is 48.6 Å². The molecule has 0 fully saturated rings. The number of Topliss-reactive ketones (excluding diaryl/α,β-unsaturated/α-hetero) is 1. The molecule has 0 amide bonds. The van der Waals surface area contributed by atoms with Crippen LogP contribution in [0.4, 0.5) is 0 Å². The van der Waals surface area contributed by atoms with Gasteiger partial charge in [0.2, 0.25) is 0 Å². The number of hydrogen-bond acceptors (Lipinski definition) is 4. The summed E-state index contributed by atoms with van der Waals surface area (Å²) in [5.74, 6) is 5.72. The highest BCUT2D eigenvalue weighted by atomic mass is 16.3. The second kappa shape index (κ2) is 7.49. The van der Waals surface area contributed by atoms with E-state index in [-0.39, 0.29) is 18.3 Å². The third kappa shape index (κ3) is 3.04. The molecular weight excluding hydrogens is 276 g/mol. The monoisotopic (exact) mass is 300 g/mol. The minimum Gasteiger partial charge on any atom is -0.392 e. The summed E-state index contributed by atoms with van der Waals surface area (Å²) in [4.78, 5) is 13.2. The molecule has 0 aromatic heterocycles. The lowest BCUT2D eigenvalue weighted by atomic mass is 9.73. The molecule has 0 radical (unpaired) electrons. The number of carbonyl (C=O) groups excluding carboxylic acids is 1. The van der Waals surface area contributed by atoms with Gasteiger partial charge in [-0.1, -0.05) is 68.3 Å². The van der Waals surface area contributed by atoms with Gasteiger partial charge in [-0.05, 0) is 12.0 Å². The van der Waals surface area contributed by atoms with E-state index in [4.69, 9.17) is 5.84 Å². The van der Waals surface area contributed by atoms with Gasteiger partial charge in [0.15, 0.2) is 5.78 Å². The highest BCUT2D eigenvalue weighted by molar-refractivity contribution is 6.06. The van der Waals surface area contributed by atoms with Gasteiger partial charge >= 0.3 is 0 Å². The first-order valence-corrected chi connectivity index (χ1v) is 7.77. The Morgan fingerprint density at radius 3 is 2.82 bits per heavy atom. The standard InChI is InChI=1S/C18H24N2O2/c1-2-3-9-15-10-6-7-12-18(15,20-19)17(22)16-11-5-4-8-14(16)13-21/h4-8,10-12,15,20-21H,2-3,9,13,19H2,1H3. The van der Waals surface area contributed by atoms with Crippen LogP contribution in [0.1, 0.15) is 42.1 Å². The zero-order valence-electron chi connectivity index (χ0n) is 13.0. The number of aliphatic hydroxyl groups excluding tert-OH is 1. The van der Waals surface area contributed by atoms with Gasteiger partial charge in [0.25, 0.3) is 0 Å². The van der Waals surface area contributed by atoms with Crippen LogP contribution in [0.3, 0.4) is 0 Å². The molecule has 2 unspecified atom stereocenters. The van der Waals surface area contributed by atoms with E-state index in [1.54, 1.807) is 18.2 Å². The summed E-state index contributed by atoms with van der Waals surface area (Å²) >= 11 is 0. The van der Waals surface area contributed by atoms with E-state index in [1.165, 1.54) is 0 Å². The van der Waals surface area contributed by atoms with Gasteiger partial charge in [0, 0.05) is 11.5 Å². The molecule has 1 aromatic rings. The molecule has 22 heavy (non-hydrogen) atoms. The van der Waals surface area contributed by atoms with Gasteiger partial charge in [0.1, 0.15) is 5.54 Å². The number of allylic oxidation sites excluding steroid dienone is 2. The number of ketones is 1. The largest absolute Gasteiger partial charge is 0.392 e. The first kappa shape index (κ1) is 16.6. The van der Waals surface area contributed by atoms with Crippen molar-refractivity contribution in [1.82, 2.24) is 5.43 Å². The lowest BCUT2D eigenvalue weighted by Crippen LogP contribution is -2.59. The van der Waals surface area contributed by atoms with Crippen LogP contribution in [0, 0.1) is 5.92 Å². The van der Waals surface area contributed by atoms with Crippen molar-refractivity contribution in [3.63, 3.8) is 0 Å². The number of aliphatic hydroxyl groups is 1. The van der Waals surface area contributed by atoms with E-state index in [9.17, 15) is 9.90 Å². The molecule has 1 aromatic carbocycles. The Morgan fingerprint density at radius 2 is 2.14 bits per heavy atom. The average Bonchev–Trinajstić information content (AvgIpc) is 2.59. The summed E-state index contributed by atoms with van der Waals surface area (Å²) in [6, 6.07) is 7.13. The summed E-state index contributed by atoms with van der Waals surface area (Å²) in [6.07, 6.45) is 10.7. The fraction of sp³-hybridized carbons (Fsp3) is 0.389. The Balaban J connectivity index is 2.41. The molecule has 0 aliphatic heterocycles. The van der Waals surface area contributed by atoms with E-state index in [0.717, 1.165) is 19.3 Å². The number of rotatable bonds is 7. The third-order valence-electron chi connectivity index (χ3n) is 4.31. The number of nitrogens with two attached hydrogens (primary N) is 1. The molecule has 0 spiro atoms. The Kier molecular flexibility index (Phi) is 5.66. The van der Waals surface area contributed by atoms with Crippen molar-refractivity contribution in [3.05, 3.63) is 59.7 Å². The maximum Gasteiger partial charge on any atom is 0.188 e. The summed E-state index contributed by atoms with van der Waals surface area (Å²) < 4.78 is 0. The number of unbranched alkanes of at least 4 members (excludes halogenated alkanes) is 1. The topological polar surface area (TPSA) is 75.3 Å². The number of carbonyl (C=O) groups is 1. The van der Waals surface area contributed by atoms with Gasteiger partial charge < -0.3 is 5.11 Å². The summed E-state index contributed by atoms with van der Waals surface area (Å²) in [5.41, 5.74) is 2.95. The van der Waals surface area contributed by atoms with Crippen LogP contribution in [0.5, 0.6) is 0 Å². The van der Waals surface area contributed by atoms with Crippen molar-refractivity contribution in [2.24, 2.45) is 11.8 Å². The molecule has 1 aliphatic carbocycles. The van der Waals surface area contributed by atoms with Gasteiger partial charge in [-0.3, -0.25) is 10.6 Å². The zero-order chi connectivity index (χ0) is 16.0. The van der Waals surface area contributed by atoms with Crippen LogP contribution < -0.4 is 11.3 Å². The SMILES string of the molecule is CCCCC1C=CC=CC1(NN)C(=O)c1ccccc1CO. The van der Waals surface area contributed by atoms with Crippen LogP contribution in [0.2, 0.25) is 0 Å². The van der Waals surface area contributed by atoms with Crippen LogP contribution in [-0.4, -0.2) is 16.4 Å². The summed E-state index contributed by atoms with van der Waals surface area (Å²) in [6.45, 7) is 1.96. The lowest BCUT2D eigenvalue weighted by Gasteiger charge is -2.37. The Morgan fingerprint density at radius 1 is 1.36 bits per heavy atom. The first-order chi connectivity index (χ1) is 10.7. The third-order valence-corrected chi connectivity index (χ3v) is 4.31. The highest BCUT2D eigenvalue weighted by Gasteiger charge is 2.43. The molecule has 2 atom stereocenters. The maximum absolute atomic E-state index is 13.2. The van der Waals surface area contributed by atoms with Crippen molar-refractivity contribution >= 4 is 5.78 Å². The zero-order valence-corrected chi connectivity index (χ0v) is 13.0. The van der Waals surface area contributed by atoms with E-state index in [1.807, 2.05) is 30.4 Å². The number of benzene rings is 1. The lowest BCUT2D eigenvalue weighted by molar-refractivity contribution is 0.0843. The molecular formula is C18H24N2O2. The van der Waals surface area contributed by atoms with Gasteiger partial charge in [-0.15, -0.1) is 0 Å². The second-order valence-electron chi connectivity index (χ2n) is 5.65. The van der Waals surface area contributed by atoms with Gasteiger partial charge in [0.05, 0.1) is 6.61 Å². The Bertz CT molecular complexity index is 580. The molecule has 0 bridgehead atoms. The molecule has 0 heterocycles. The van der Waals surface area contributed by atoms with Crippen LogP contribution in [-0.2, 0) is 6.61 Å². The first-order valence-electron chi connectivity index (χ1n) is 7.77. The minimum atomic E-state index is -0.949. The molecule has 4 N–H and O–H groups in total. The Labute approximate surface area is 131 Å². The fourth-order valence-electron chi connectivity index (χ4n) is 3.00. The van der Waals surface area contributed by atoms with Crippen molar-refractivity contribution in [2.75, 3.05) is 0 Å². The van der Waals surface area contributed by atoms with Crippen molar-refractivity contribution in [2.45, 2.75) is 38.3 Å². The van der Waals surface area contributed by atoms with E-state index in [0.29, 0.717) is 11.1 Å². The molecule has 1 aliphatic rings. The average molecular weight is 300 g/mol. The van der Waals surface area contributed by atoms with Crippen molar-refractivity contribution in [3.8, 4) is 0 Å². The predicted molar refractivity (Wildman–Crippen MR) is 88.0 cm³/mol.